The number of hydrogen-bond donors (Lipinski definition) is 1. The van der Waals surface area contributed by atoms with Gasteiger partial charge in [-0.05, 0) is 25.8 Å². The summed E-state index contributed by atoms with van der Waals surface area (Å²) in [5.74, 6) is 0.836. The second-order valence-corrected chi connectivity index (χ2v) is 6.04. The van der Waals surface area contributed by atoms with Gasteiger partial charge in [-0.25, -0.2) is 0 Å². The lowest BCUT2D eigenvalue weighted by atomic mass is 10.1. The molecule has 0 atom stereocenters. The highest BCUT2D eigenvalue weighted by molar-refractivity contribution is 5.75. The highest BCUT2D eigenvalue weighted by atomic mass is 16.5. The molecule has 1 amide bonds. The summed E-state index contributed by atoms with van der Waals surface area (Å²) in [5.41, 5.74) is 0. The molecular weight excluding hydrogens is 296 g/mol. The highest BCUT2D eigenvalue weighted by Crippen LogP contribution is 2.04. The van der Waals surface area contributed by atoms with E-state index in [2.05, 4.69) is 19.2 Å². The molecule has 138 valence electrons. The van der Waals surface area contributed by atoms with E-state index < -0.39 is 0 Å². The van der Waals surface area contributed by atoms with Gasteiger partial charge in [0.1, 0.15) is 0 Å². The molecule has 23 heavy (non-hydrogen) atoms. The number of likely N-dealkylation sites (N-methyl/N-ethyl adjacent to an activating group) is 1. The van der Waals surface area contributed by atoms with Gasteiger partial charge >= 0.3 is 0 Å². The van der Waals surface area contributed by atoms with Crippen molar-refractivity contribution in [2.75, 3.05) is 66.8 Å². The molecule has 0 aromatic rings. The molecule has 0 unspecified atom stereocenters. The van der Waals surface area contributed by atoms with Gasteiger partial charge in [0.2, 0.25) is 5.91 Å². The molecule has 0 heterocycles. The van der Waals surface area contributed by atoms with E-state index in [9.17, 15) is 4.79 Å². The third kappa shape index (κ3) is 16.0. The molecule has 0 rings (SSSR count). The van der Waals surface area contributed by atoms with Crippen LogP contribution in [-0.4, -0.2) is 77.6 Å². The lowest BCUT2D eigenvalue weighted by Crippen LogP contribution is -2.28. The predicted molar refractivity (Wildman–Crippen MR) is 92.7 cm³/mol. The van der Waals surface area contributed by atoms with Crippen LogP contribution >= 0.6 is 0 Å². The molecular formula is C17H36N2O4. The van der Waals surface area contributed by atoms with E-state index in [1.807, 2.05) is 14.1 Å². The second kappa shape index (κ2) is 16.2. The smallest absolute Gasteiger partial charge is 0.224 e. The highest BCUT2D eigenvalue weighted by Gasteiger charge is 2.08. The maximum atomic E-state index is 11.9. The average Bonchev–Trinajstić information content (AvgIpc) is 2.51. The fourth-order valence-electron chi connectivity index (χ4n) is 1.93. The van der Waals surface area contributed by atoms with Crippen LogP contribution in [-0.2, 0) is 19.0 Å². The third-order valence-electron chi connectivity index (χ3n) is 3.40. The van der Waals surface area contributed by atoms with E-state index in [0.717, 1.165) is 25.9 Å². The Bertz CT molecular complexity index is 275. The summed E-state index contributed by atoms with van der Waals surface area (Å²) < 4.78 is 16.1. The number of hydrogen-bond acceptors (Lipinski definition) is 5. The van der Waals surface area contributed by atoms with Gasteiger partial charge in [0, 0.05) is 20.1 Å². The summed E-state index contributed by atoms with van der Waals surface area (Å²) in [6, 6.07) is 0. The first-order valence-electron chi connectivity index (χ1n) is 8.69. The number of rotatable bonds is 16. The molecule has 0 aliphatic rings. The molecule has 0 aromatic heterocycles. The molecule has 0 saturated carbocycles. The van der Waals surface area contributed by atoms with Crippen LogP contribution in [0.3, 0.4) is 0 Å². The number of nitrogens with zero attached hydrogens (tertiary/aromatic N) is 1. The van der Waals surface area contributed by atoms with Gasteiger partial charge < -0.3 is 24.4 Å². The molecule has 0 aliphatic heterocycles. The first kappa shape index (κ1) is 22.3. The Labute approximate surface area is 141 Å². The quantitative estimate of drug-likeness (QED) is 0.435. The lowest BCUT2D eigenvalue weighted by Gasteiger charge is -2.17. The van der Waals surface area contributed by atoms with Gasteiger partial charge in [0.25, 0.3) is 0 Å². The Kier molecular flexibility index (Phi) is 15.7. The lowest BCUT2D eigenvalue weighted by molar-refractivity contribution is -0.131. The van der Waals surface area contributed by atoms with Crippen molar-refractivity contribution in [3.63, 3.8) is 0 Å². The minimum Gasteiger partial charge on any atom is -0.379 e. The van der Waals surface area contributed by atoms with Crippen LogP contribution in [0.2, 0.25) is 0 Å². The van der Waals surface area contributed by atoms with Gasteiger partial charge in [-0.2, -0.15) is 0 Å². The molecule has 0 radical (unpaired) electrons. The Balaban J connectivity index is 3.31. The molecule has 6 nitrogen and oxygen atoms in total. The Morgan fingerprint density at radius 2 is 1.57 bits per heavy atom. The maximum absolute atomic E-state index is 11.9. The van der Waals surface area contributed by atoms with Gasteiger partial charge in [-0.1, -0.05) is 13.8 Å². The standard InChI is InChI=1S/C17H36N2O4/c1-16(2)6-5-9-19(4)17(20)7-10-21-12-14-23-15-13-22-11-8-18-3/h16,18H,5-15H2,1-4H3. The van der Waals surface area contributed by atoms with Crippen LogP contribution < -0.4 is 5.32 Å². The van der Waals surface area contributed by atoms with Gasteiger partial charge in [-0.15, -0.1) is 0 Å². The van der Waals surface area contributed by atoms with Gasteiger partial charge in [-0.3, -0.25) is 4.79 Å². The molecule has 0 spiro atoms. The van der Waals surface area contributed by atoms with Crippen LogP contribution in [0.5, 0.6) is 0 Å². The molecule has 0 saturated heterocycles. The molecule has 0 fully saturated rings. The number of carbonyl (C=O) groups excluding carboxylic acids is 1. The topological polar surface area (TPSA) is 60.0 Å². The first-order valence-corrected chi connectivity index (χ1v) is 8.69. The zero-order chi connectivity index (χ0) is 17.3. The van der Waals surface area contributed by atoms with Crippen LogP contribution in [0.4, 0.5) is 0 Å². The van der Waals surface area contributed by atoms with Crippen LogP contribution in [0.25, 0.3) is 0 Å². The van der Waals surface area contributed by atoms with E-state index in [0.29, 0.717) is 52.0 Å². The van der Waals surface area contributed by atoms with E-state index in [1.165, 1.54) is 0 Å². The van der Waals surface area contributed by atoms with Crippen LogP contribution in [0.15, 0.2) is 0 Å². The van der Waals surface area contributed by atoms with Crippen molar-refractivity contribution in [1.82, 2.24) is 10.2 Å². The van der Waals surface area contributed by atoms with E-state index >= 15 is 0 Å². The summed E-state index contributed by atoms with van der Waals surface area (Å²) in [6.45, 7) is 9.45. The molecule has 0 aromatic carbocycles. The van der Waals surface area contributed by atoms with Crippen molar-refractivity contribution in [2.24, 2.45) is 5.92 Å². The minimum absolute atomic E-state index is 0.146. The summed E-state index contributed by atoms with van der Waals surface area (Å²) in [7, 11) is 3.76. The number of ether oxygens (including phenoxy) is 3. The Morgan fingerprint density at radius 3 is 2.13 bits per heavy atom. The Hall–Kier alpha value is -0.690. The third-order valence-corrected chi connectivity index (χ3v) is 3.40. The van der Waals surface area contributed by atoms with E-state index in [-0.39, 0.29) is 5.91 Å². The summed E-state index contributed by atoms with van der Waals surface area (Å²) in [4.78, 5) is 13.7. The zero-order valence-electron chi connectivity index (χ0n) is 15.4. The average molecular weight is 332 g/mol. The fourth-order valence-corrected chi connectivity index (χ4v) is 1.93. The number of amides is 1. The van der Waals surface area contributed by atoms with Crippen molar-refractivity contribution in [1.29, 1.82) is 0 Å². The van der Waals surface area contributed by atoms with Crippen molar-refractivity contribution < 1.29 is 19.0 Å². The molecule has 0 bridgehead atoms. The summed E-state index contributed by atoms with van der Waals surface area (Å²) in [6.07, 6.45) is 2.65. The van der Waals surface area contributed by atoms with Crippen LogP contribution in [0.1, 0.15) is 33.1 Å². The van der Waals surface area contributed by atoms with Gasteiger partial charge in [0.15, 0.2) is 0 Å². The van der Waals surface area contributed by atoms with Crippen molar-refractivity contribution in [3.05, 3.63) is 0 Å². The van der Waals surface area contributed by atoms with Crippen molar-refractivity contribution >= 4 is 5.91 Å². The predicted octanol–water partition coefficient (Wildman–Crippen LogP) is 1.54. The zero-order valence-corrected chi connectivity index (χ0v) is 15.4. The van der Waals surface area contributed by atoms with Crippen molar-refractivity contribution in [2.45, 2.75) is 33.1 Å². The fraction of sp³-hybridized carbons (Fsp3) is 0.941. The Morgan fingerprint density at radius 1 is 1.00 bits per heavy atom. The first-order chi connectivity index (χ1) is 11.1. The molecule has 0 aliphatic carbocycles. The van der Waals surface area contributed by atoms with E-state index in [1.54, 1.807) is 4.90 Å². The maximum Gasteiger partial charge on any atom is 0.224 e. The van der Waals surface area contributed by atoms with Crippen LogP contribution in [0, 0.1) is 5.92 Å². The second-order valence-electron chi connectivity index (χ2n) is 6.04. The largest absolute Gasteiger partial charge is 0.379 e. The summed E-state index contributed by atoms with van der Waals surface area (Å²) >= 11 is 0. The molecule has 1 N–H and O–H groups in total. The molecule has 6 heteroatoms. The summed E-state index contributed by atoms with van der Waals surface area (Å²) in [5, 5.41) is 3.01. The number of nitrogens with one attached hydrogen (secondary N) is 1. The van der Waals surface area contributed by atoms with Crippen molar-refractivity contribution in [3.8, 4) is 0 Å². The minimum atomic E-state index is 0.146. The SMILES string of the molecule is CNCCOCCOCCOCCC(=O)N(C)CCCC(C)C. The number of carbonyl (C=O) groups is 1. The van der Waals surface area contributed by atoms with E-state index in [4.69, 9.17) is 14.2 Å². The monoisotopic (exact) mass is 332 g/mol. The normalized spacial score (nSPS) is 11.2. The van der Waals surface area contributed by atoms with Gasteiger partial charge in [0.05, 0.1) is 46.1 Å².